The molecule has 0 N–H and O–H groups in total. The quantitative estimate of drug-likeness (QED) is 0.0936. The van der Waals surface area contributed by atoms with Crippen LogP contribution >= 0.6 is 0 Å². The lowest BCUT2D eigenvalue weighted by molar-refractivity contribution is -0.222. The summed E-state index contributed by atoms with van der Waals surface area (Å²) in [6.07, 6.45) is 7.20. The van der Waals surface area contributed by atoms with Gasteiger partial charge in [-0.15, -0.1) is 0 Å². The Labute approximate surface area is 235 Å². The predicted molar refractivity (Wildman–Crippen MR) is 154 cm³/mol. The van der Waals surface area contributed by atoms with Gasteiger partial charge in [-0.3, -0.25) is 9.59 Å². The van der Waals surface area contributed by atoms with E-state index in [0.717, 1.165) is 12.8 Å². The monoisotopic (exact) mass is 561 g/mol. The summed E-state index contributed by atoms with van der Waals surface area (Å²) in [6, 6.07) is 10.6. The van der Waals surface area contributed by atoms with Gasteiger partial charge in [0.25, 0.3) is 0 Å². The van der Waals surface area contributed by atoms with Crippen LogP contribution in [-0.2, 0) is 33.4 Å². The zero-order chi connectivity index (χ0) is 28.9. The highest BCUT2D eigenvalue weighted by Gasteiger charge is 2.56. The molecule has 1 saturated carbocycles. The number of hydroxylamine groups is 2. The largest absolute Gasteiger partial charge is 0.466 e. The summed E-state index contributed by atoms with van der Waals surface area (Å²) in [5.74, 6) is -0.877. The molecule has 3 atom stereocenters. The van der Waals surface area contributed by atoms with E-state index in [2.05, 4.69) is 37.4 Å². The number of carbonyl (C=O) groups is 3. The summed E-state index contributed by atoms with van der Waals surface area (Å²) in [6.45, 7) is 11.1. The van der Waals surface area contributed by atoms with Gasteiger partial charge in [0.1, 0.15) is 6.54 Å². The number of hydrogen-bond donors (Lipinski definition) is 0. The number of allylic oxidation sites excluding steroid dienone is 1. The molecule has 9 heteroatoms. The van der Waals surface area contributed by atoms with Crippen molar-refractivity contribution in [3.8, 4) is 0 Å². The second kappa shape index (κ2) is 15.9. The lowest BCUT2D eigenvalue weighted by atomic mass is 9.79. The first-order valence-corrected chi connectivity index (χ1v) is 17.3. The molecule has 1 aliphatic carbocycles. The van der Waals surface area contributed by atoms with Crippen LogP contribution in [0.5, 0.6) is 0 Å². The Morgan fingerprint density at radius 1 is 1.00 bits per heavy atom. The first-order valence-electron chi connectivity index (χ1n) is 14.2. The fourth-order valence-electron chi connectivity index (χ4n) is 6.26. The Hall–Kier alpha value is -2.49. The summed E-state index contributed by atoms with van der Waals surface area (Å²) >= 11 is 0. The highest BCUT2D eigenvalue weighted by atomic mass is 28.3. The van der Waals surface area contributed by atoms with Crippen LogP contribution in [0.4, 0.5) is 0 Å². The minimum atomic E-state index is -2.02. The van der Waals surface area contributed by atoms with Crippen LogP contribution in [0, 0.1) is 5.92 Å². The van der Waals surface area contributed by atoms with E-state index in [4.69, 9.17) is 19.0 Å². The van der Waals surface area contributed by atoms with Crippen LogP contribution in [0.3, 0.4) is 0 Å². The van der Waals surface area contributed by atoms with Crippen LogP contribution in [0.25, 0.3) is 0 Å². The molecule has 39 heavy (non-hydrogen) atoms. The minimum absolute atomic E-state index is 0.0120. The van der Waals surface area contributed by atoms with Crippen molar-refractivity contribution in [2.75, 3.05) is 33.5 Å². The summed E-state index contributed by atoms with van der Waals surface area (Å²) in [5.41, 5.74) is -0.195. The topological polar surface area (TPSA) is 91.4 Å². The van der Waals surface area contributed by atoms with Crippen molar-refractivity contribution in [3.63, 3.8) is 0 Å². The molecule has 8 nitrogen and oxygen atoms in total. The van der Waals surface area contributed by atoms with Gasteiger partial charge in [-0.1, -0.05) is 61.1 Å². The molecule has 2 rings (SSSR count). The van der Waals surface area contributed by atoms with Crippen molar-refractivity contribution in [1.82, 2.24) is 5.06 Å². The van der Waals surface area contributed by atoms with Crippen LogP contribution < -0.4 is 5.19 Å². The molecule has 0 aliphatic heterocycles. The average Bonchev–Trinajstić information content (AvgIpc) is 3.29. The van der Waals surface area contributed by atoms with Gasteiger partial charge in [-0.25, -0.2) is 4.79 Å². The second-order valence-corrected chi connectivity index (χ2v) is 15.3. The summed E-state index contributed by atoms with van der Waals surface area (Å²) < 4.78 is 15.6. The number of ether oxygens (including phenoxy) is 3. The van der Waals surface area contributed by atoms with E-state index in [1.54, 1.807) is 26.0 Å². The zero-order valence-electron chi connectivity index (χ0n) is 24.6. The van der Waals surface area contributed by atoms with Gasteiger partial charge in [0.05, 0.1) is 40.5 Å². The lowest BCUT2D eigenvalue weighted by Crippen LogP contribution is -2.56. The van der Waals surface area contributed by atoms with Crippen molar-refractivity contribution in [2.24, 2.45) is 5.92 Å². The number of esters is 3. The Morgan fingerprint density at radius 2 is 1.64 bits per heavy atom. The Bertz CT molecular complexity index is 952. The maximum Gasteiger partial charge on any atom is 0.330 e. The van der Waals surface area contributed by atoms with E-state index in [9.17, 15) is 14.4 Å². The number of rotatable bonds is 16. The molecule has 0 saturated heterocycles. The van der Waals surface area contributed by atoms with Crippen molar-refractivity contribution >= 4 is 31.2 Å². The molecule has 0 radical (unpaired) electrons. The average molecular weight is 562 g/mol. The van der Waals surface area contributed by atoms with Gasteiger partial charge in [0.15, 0.2) is 0 Å². The van der Waals surface area contributed by atoms with E-state index in [-0.39, 0.29) is 37.0 Å². The molecular formula is C30H47NO7Si. The van der Waals surface area contributed by atoms with Crippen molar-refractivity contribution < 1.29 is 33.4 Å². The Morgan fingerprint density at radius 3 is 2.26 bits per heavy atom. The van der Waals surface area contributed by atoms with Crippen LogP contribution in [0.15, 0.2) is 42.5 Å². The molecule has 0 amide bonds. The first-order chi connectivity index (χ1) is 18.7. The van der Waals surface area contributed by atoms with Crippen LogP contribution in [0.2, 0.25) is 18.6 Å². The van der Waals surface area contributed by atoms with Crippen molar-refractivity contribution in [3.05, 3.63) is 42.5 Å². The lowest BCUT2D eigenvalue weighted by Gasteiger charge is -2.47. The molecule has 1 aromatic rings. The van der Waals surface area contributed by atoms with Gasteiger partial charge in [-0.05, 0) is 57.9 Å². The molecule has 1 aliphatic rings. The van der Waals surface area contributed by atoms with E-state index in [1.807, 2.05) is 19.1 Å². The Kier molecular flexibility index (Phi) is 13.4. The first kappa shape index (κ1) is 32.7. The van der Waals surface area contributed by atoms with Gasteiger partial charge >= 0.3 is 17.9 Å². The van der Waals surface area contributed by atoms with Crippen molar-refractivity contribution in [1.29, 1.82) is 0 Å². The molecule has 218 valence electrons. The minimum Gasteiger partial charge on any atom is -0.466 e. The third-order valence-electron chi connectivity index (χ3n) is 8.05. The Balaban J connectivity index is 2.51. The van der Waals surface area contributed by atoms with Gasteiger partial charge in [0.2, 0.25) is 0 Å². The maximum atomic E-state index is 12.7. The van der Waals surface area contributed by atoms with Gasteiger partial charge in [-0.2, -0.15) is 5.06 Å². The smallest absolute Gasteiger partial charge is 0.330 e. The molecule has 0 spiro atoms. The van der Waals surface area contributed by atoms with E-state index in [1.165, 1.54) is 11.3 Å². The van der Waals surface area contributed by atoms with Gasteiger partial charge < -0.3 is 19.0 Å². The fraction of sp³-hybridized carbons (Fsp3) is 0.633. The van der Waals surface area contributed by atoms with Crippen LogP contribution in [0.1, 0.15) is 59.3 Å². The predicted octanol–water partition coefficient (Wildman–Crippen LogP) is 4.79. The summed E-state index contributed by atoms with van der Waals surface area (Å²) in [5, 5.41) is 3.15. The highest BCUT2D eigenvalue weighted by molar-refractivity contribution is 6.91. The third kappa shape index (κ3) is 8.75. The number of carbonyl (C=O) groups excluding carboxylic acids is 3. The molecular weight excluding hydrogens is 514 g/mol. The van der Waals surface area contributed by atoms with Gasteiger partial charge in [0, 0.05) is 12.5 Å². The number of hydrogen-bond acceptors (Lipinski definition) is 8. The van der Waals surface area contributed by atoms with Crippen LogP contribution in [-0.4, -0.2) is 70.1 Å². The molecule has 0 aromatic heterocycles. The standard InChI is InChI=1S/C30H47NO7Si/c1-7-36-27(32)17-13-14-21-30(31(35-4)23-29(34)38-9-3)22-20-26(25(30)18-19-28(33)37-8-2)39(5,6)24-15-11-10-12-16-24/h10-13,15-17,25-26H,7-9,14,18-23H2,1-6H3/b17-13+/t25-,26+,30+/m1/s1. The third-order valence-corrected chi connectivity index (χ3v) is 12.4. The zero-order valence-corrected chi connectivity index (χ0v) is 25.6. The highest BCUT2D eigenvalue weighted by Crippen LogP contribution is 2.55. The summed E-state index contributed by atoms with van der Waals surface area (Å²) in [7, 11) is -0.433. The molecule has 1 fully saturated rings. The van der Waals surface area contributed by atoms with E-state index in [0.29, 0.717) is 44.4 Å². The molecule has 1 aromatic carbocycles. The molecule has 0 unspecified atom stereocenters. The summed E-state index contributed by atoms with van der Waals surface area (Å²) in [4.78, 5) is 43.1. The fourth-order valence-corrected chi connectivity index (χ4v) is 10.1. The number of nitrogens with zero attached hydrogens (tertiary/aromatic N) is 1. The van der Waals surface area contributed by atoms with E-state index >= 15 is 0 Å². The molecule has 0 bridgehead atoms. The molecule has 0 heterocycles. The van der Waals surface area contributed by atoms with E-state index < -0.39 is 13.6 Å². The second-order valence-electron chi connectivity index (χ2n) is 10.5. The SMILES string of the molecule is CCOC(=O)/C=C/CC[C@]1(N(CC(=O)OCC)OC)CC[C@H]([Si](C)(C)c2ccccc2)[C@H]1CCC(=O)OCC. The normalized spacial score (nSPS) is 21.3. The maximum absolute atomic E-state index is 12.7. The number of benzene rings is 1. The van der Waals surface area contributed by atoms with Crippen molar-refractivity contribution in [2.45, 2.75) is 83.5 Å².